The molecule has 1 N–H and O–H groups in total. The van der Waals surface area contributed by atoms with Crippen molar-refractivity contribution in [3.63, 3.8) is 0 Å². The molecule has 0 radical (unpaired) electrons. The number of hydrogen-bond acceptors (Lipinski definition) is 3. The molecule has 1 aliphatic carbocycles. The van der Waals surface area contributed by atoms with Gasteiger partial charge in [-0.1, -0.05) is 18.0 Å². The summed E-state index contributed by atoms with van der Waals surface area (Å²) in [6, 6.07) is 5.17. The Balaban J connectivity index is 1.64. The van der Waals surface area contributed by atoms with Crippen molar-refractivity contribution in [3.8, 4) is 5.75 Å². The average molecular weight is 334 g/mol. The van der Waals surface area contributed by atoms with Gasteiger partial charge in [0.1, 0.15) is 12.3 Å². The van der Waals surface area contributed by atoms with E-state index < -0.39 is 0 Å². The van der Waals surface area contributed by atoms with Gasteiger partial charge in [0.25, 0.3) is 0 Å². The Bertz CT molecular complexity index is 688. The third-order valence-electron chi connectivity index (χ3n) is 4.03. The second-order valence-corrected chi connectivity index (χ2v) is 6.16. The van der Waals surface area contributed by atoms with Crippen molar-refractivity contribution in [1.82, 2.24) is 9.78 Å². The molecule has 1 heterocycles. The third-order valence-corrected chi connectivity index (χ3v) is 4.32. The van der Waals surface area contributed by atoms with E-state index in [1.807, 2.05) is 6.20 Å². The standard InChI is InChI=1S/C17H20ClN3O2/c1-23-16-8-7-13(9-14(16)18)19-17(22)11-21-10-12-5-3-2-4-6-15(12)20-21/h7-10H,2-6,11H2,1H3,(H,19,22). The SMILES string of the molecule is COc1ccc(NC(=O)Cn2cc3c(n2)CCCCC3)cc1Cl. The molecule has 6 heteroatoms. The van der Waals surface area contributed by atoms with E-state index >= 15 is 0 Å². The van der Waals surface area contributed by atoms with E-state index in [4.69, 9.17) is 16.3 Å². The van der Waals surface area contributed by atoms with Crippen molar-refractivity contribution in [2.45, 2.75) is 38.6 Å². The molecule has 0 atom stereocenters. The van der Waals surface area contributed by atoms with Crippen molar-refractivity contribution in [2.75, 3.05) is 12.4 Å². The molecular weight excluding hydrogens is 314 g/mol. The number of nitrogens with zero attached hydrogens (tertiary/aromatic N) is 2. The van der Waals surface area contributed by atoms with E-state index in [2.05, 4.69) is 10.4 Å². The molecule has 0 aliphatic heterocycles. The van der Waals surface area contributed by atoms with Crippen molar-refractivity contribution < 1.29 is 9.53 Å². The van der Waals surface area contributed by atoms with Gasteiger partial charge >= 0.3 is 0 Å². The van der Waals surface area contributed by atoms with Crippen LogP contribution in [0.1, 0.15) is 30.5 Å². The zero-order chi connectivity index (χ0) is 16.2. The number of rotatable bonds is 4. The van der Waals surface area contributed by atoms with Crippen LogP contribution in [0.2, 0.25) is 5.02 Å². The highest BCUT2D eigenvalue weighted by molar-refractivity contribution is 6.32. The highest BCUT2D eigenvalue weighted by atomic mass is 35.5. The lowest BCUT2D eigenvalue weighted by atomic mass is 10.1. The summed E-state index contributed by atoms with van der Waals surface area (Å²) in [4.78, 5) is 12.2. The summed E-state index contributed by atoms with van der Waals surface area (Å²) in [5.41, 5.74) is 3.07. The number of carbonyl (C=O) groups excluding carboxylic acids is 1. The molecule has 0 saturated carbocycles. The molecule has 3 rings (SSSR count). The number of methoxy groups -OCH3 is 1. The number of anilines is 1. The van der Waals surface area contributed by atoms with Gasteiger partial charge in [-0.15, -0.1) is 0 Å². The maximum Gasteiger partial charge on any atom is 0.246 e. The first-order chi connectivity index (χ1) is 11.2. The van der Waals surface area contributed by atoms with E-state index in [0.717, 1.165) is 18.5 Å². The summed E-state index contributed by atoms with van der Waals surface area (Å²) < 4.78 is 6.83. The van der Waals surface area contributed by atoms with Crippen LogP contribution < -0.4 is 10.1 Å². The summed E-state index contributed by atoms with van der Waals surface area (Å²) in [6.45, 7) is 0.205. The molecule has 2 aromatic rings. The summed E-state index contributed by atoms with van der Waals surface area (Å²) in [7, 11) is 1.56. The van der Waals surface area contributed by atoms with Crippen molar-refractivity contribution >= 4 is 23.2 Å². The van der Waals surface area contributed by atoms with Crippen LogP contribution in [-0.4, -0.2) is 22.8 Å². The summed E-state index contributed by atoms with van der Waals surface area (Å²) >= 11 is 6.06. The Labute approximate surface area is 140 Å². The molecular formula is C17H20ClN3O2. The number of benzene rings is 1. The van der Waals surface area contributed by atoms with Crippen LogP contribution in [0, 0.1) is 0 Å². The molecule has 1 aliphatic rings. The van der Waals surface area contributed by atoms with E-state index in [-0.39, 0.29) is 12.5 Å². The summed E-state index contributed by atoms with van der Waals surface area (Å²) in [5, 5.41) is 7.85. The number of ether oxygens (including phenoxy) is 1. The van der Waals surface area contributed by atoms with Crippen LogP contribution in [-0.2, 0) is 24.2 Å². The maximum absolute atomic E-state index is 12.2. The van der Waals surface area contributed by atoms with Crippen LogP contribution in [0.5, 0.6) is 5.75 Å². The van der Waals surface area contributed by atoms with E-state index in [1.54, 1.807) is 30.0 Å². The minimum absolute atomic E-state index is 0.121. The van der Waals surface area contributed by atoms with Gasteiger partial charge in [0, 0.05) is 11.9 Å². The Morgan fingerprint density at radius 1 is 1.35 bits per heavy atom. The van der Waals surface area contributed by atoms with Gasteiger partial charge in [0.2, 0.25) is 5.91 Å². The van der Waals surface area contributed by atoms with Crippen LogP contribution in [0.15, 0.2) is 24.4 Å². The van der Waals surface area contributed by atoms with Crippen molar-refractivity contribution in [3.05, 3.63) is 40.7 Å². The molecule has 0 fully saturated rings. The first kappa shape index (κ1) is 15.9. The average Bonchev–Trinajstić information content (AvgIpc) is 2.75. The smallest absolute Gasteiger partial charge is 0.246 e. The van der Waals surface area contributed by atoms with Gasteiger partial charge in [-0.05, 0) is 49.4 Å². The number of fused-ring (bicyclic) bond motifs is 1. The second kappa shape index (κ2) is 7.04. The topological polar surface area (TPSA) is 56.1 Å². The fourth-order valence-electron chi connectivity index (χ4n) is 2.88. The number of aromatic nitrogens is 2. The highest BCUT2D eigenvalue weighted by Gasteiger charge is 2.14. The van der Waals surface area contributed by atoms with Crippen LogP contribution in [0.4, 0.5) is 5.69 Å². The lowest BCUT2D eigenvalue weighted by Gasteiger charge is -2.08. The monoisotopic (exact) mass is 333 g/mol. The first-order valence-corrected chi connectivity index (χ1v) is 8.22. The molecule has 1 aromatic carbocycles. The fraction of sp³-hybridized carbons (Fsp3) is 0.412. The predicted octanol–water partition coefficient (Wildman–Crippen LogP) is 3.45. The number of halogens is 1. The quantitative estimate of drug-likeness (QED) is 0.872. The molecule has 1 aromatic heterocycles. The number of hydrogen-bond donors (Lipinski definition) is 1. The molecule has 0 bridgehead atoms. The van der Waals surface area contributed by atoms with Gasteiger partial charge in [-0.2, -0.15) is 5.10 Å². The van der Waals surface area contributed by atoms with E-state index in [0.29, 0.717) is 16.5 Å². The normalized spacial score (nSPS) is 14.0. The number of carbonyl (C=O) groups is 1. The van der Waals surface area contributed by atoms with Crippen LogP contribution >= 0.6 is 11.6 Å². The van der Waals surface area contributed by atoms with E-state index in [9.17, 15) is 4.79 Å². The summed E-state index contributed by atoms with van der Waals surface area (Å²) in [5.74, 6) is 0.462. The maximum atomic E-state index is 12.2. The zero-order valence-electron chi connectivity index (χ0n) is 13.1. The highest BCUT2D eigenvalue weighted by Crippen LogP contribution is 2.27. The van der Waals surface area contributed by atoms with Gasteiger partial charge in [0.15, 0.2) is 0 Å². The van der Waals surface area contributed by atoms with Gasteiger partial charge in [-0.25, -0.2) is 0 Å². The van der Waals surface area contributed by atoms with Crippen molar-refractivity contribution in [2.24, 2.45) is 0 Å². The van der Waals surface area contributed by atoms with Gasteiger partial charge in [0.05, 0.1) is 17.8 Å². The van der Waals surface area contributed by atoms with Crippen molar-refractivity contribution in [1.29, 1.82) is 0 Å². The minimum Gasteiger partial charge on any atom is -0.495 e. The largest absolute Gasteiger partial charge is 0.495 e. The molecule has 1 amide bonds. The molecule has 122 valence electrons. The van der Waals surface area contributed by atoms with Crippen LogP contribution in [0.25, 0.3) is 0 Å². The fourth-order valence-corrected chi connectivity index (χ4v) is 3.14. The molecule has 5 nitrogen and oxygen atoms in total. The predicted molar refractivity (Wildman–Crippen MR) is 90.1 cm³/mol. The lowest BCUT2D eigenvalue weighted by molar-refractivity contribution is -0.116. The Kier molecular flexibility index (Phi) is 4.86. The molecule has 23 heavy (non-hydrogen) atoms. The molecule has 0 spiro atoms. The first-order valence-electron chi connectivity index (χ1n) is 7.84. The van der Waals surface area contributed by atoms with Gasteiger partial charge < -0.3 is 10.1 Å². The number of amides is 1. The summed E-state index contributed by atoms with van der Waals surface area (Å²) in [6.07, 6.45) is 7.72. The Hall–Kier alpha value is -2.01. The molecule has 0 unspecified atom stereocenters. The Morgan fingerprint density at radius 2 is 2.17 bits per heavy atom. The number of nitrogens with one attached hydrogen (secondary N) is 1. The second-order valence-electron chi connectivity index (χ2n) is 5.76. The lowest BCUT2D eigenvalue weighted by Crippen LogP contribution is -2.19. The van der Waals surface area contributed by atoms with E-state index in [1.165, 1.54) is 24.8 Å². The molecule has 0 saturated heterocycles. The van der Waals surface area contributed by atoms with Gasteiger partial charge in [-0.3, -0.25) is 9.48 Å². The third kappa shape index (κ3) is 3.85. The zero-order valence-corrected chi connectivity index (χ0v) is 13.9. The van der Waals surface area contributed by atoms with Crippen LogP contribution in [0.3, 0.4) is 0 Å². The Morgan fingerprint density at radius 3 is 2.96 bits per heavy atom. The number of aryl methyl sites for hydroxylation is 2. The minimum atomic E-state index is -0.121.